The number of amides is 1. The van der Waals surface area contributed by atoms with Gasteiger partial charge in [-0.3, -0.25) is 4.79 Å². The molecule has 2 nitrogen and oxygen atoms in total. The number of benzene rings is 2. The highest BCUT2D eigenvalue weighted by atomic mass is 32.2. The van der Waals surface area contributed by atoms with Crippen LogP contribution in [-0.2, 0) is 4.79 Å². The zero-order valence-corrected chi connectivity index (χ0v) is 12.2. The first-order chi connectivity index (χ1) is 9.20. The van der Waals surface area contributed by atoms with Gasteiger partial charge < -0.3 is 5.32 Å². The van der Waals surface area contributed by atoms with Crippen molar-refractivity contribution in [3.05, 3.63) is 48.0 Å². The molecule has 1 unspecified atom stereocenters. The minimum absolute atomic E-state index is 0.0546. The first-order valence-corrected chi connectivity index (χ1v) is 7.87. The van der Waals surface area contributed by atoms with Gasteiger partial charge in [-0.15, -0.1) is 0 Å². The van der Waals surface area contributed by atoms with Crippen molar-refractivity contribution < 1.29 is 4.79 Å². The Morgan fingerprint density at radius 3 is 2.68 bits per heavy atom. The molecule has 2 rings (SSSR count). The summed E-state index contributed by atoms with van der Waals surface area (Å²) < 4.78 is 0. The van der Waals surface area contributed by atoms with E-state index in [1.54, 1.807) is 11.8 Å². The first-order valence-electron chi connectivity index (χ1n) is 6.47. The van der Waals surface area contributed by atoms with Gasteiger partial charge in [-0.05, 0) is 35.6 Å². The molecule has 0 aromatic heterocycles. The molecule has 0 saturated carbocycles. The van der Waals surface area contributed by atoms with Gasteiger partial charge in [0.2, 0.25) is 5.91 Å². The van der Waals surface area contributed by atoms with Gasteiger partial charge in [0, 0.05) is 12.2 Å². The van der Waals surface area contributed by atoms with Gasteiger partial charge in [-0.2, -0.15) is 11.8 Å². The van der Waals surface area contributed by atoms with Crippen molar-refractivity contribution in [2.24, 2.45) is 0 Å². The quantitative estimate of drug-likeness (QED) is 0.898. The third-order valence-corrected chi connectivity index (χ3v) is 3.80. The van der Waals surface area contributed by atoms with Crippen LogP contribution in [-0.4, -0.2) is 17.9 Å². The summed E-state index contributed by atoms with van der Waals surface area (Å²) in [4.78, 5) is 11.7. The molecule has 0 heterocycles. The van der Waals surface area contributed by atoms with E-state index in [1.807, 2.05) is 25.3 Å². The van der Waals surface area contributed by atoms with E-state index in [9.17, 15) is 4.79 Å². The molecule has 0 fully saturated rings. The maximum atomic E-state index is 11.7. The zero-order valence-electron chi connectivity index (χ0n) is 11.3. The molecule has 3 heteroatoms. The van der Waals surface area contributed by atoms with Gasteiger partial charge >= 0.3 is 0 Å². The third-order valence-electron chi connectivity index (χ3n) is 3.18. The van der Waals surface area contributed by atoms with Crippen molar-refractivity contribution in [3.63, 3.8) is 0 Å². The topological polar surface area (TPSA) is 29.1 Å². The first kappa shape index (κ1) is 13.9. The number of carbonyl (C=O) groups is 1. The van der Waals surface area contributed by atoms with E-state index in [1.165, 1.54) is 10.8 Å². The minimum Gasteiger partial charge on any atom is -0.350 e. The second-order valence-corrected chi connectivity index (χ2v) is 5.62. The van der Waals surface area contributed by atoms with Crippen LogP contribution < -0.4 is 5.32 Å². The zero-order chi connectivity index (χ0) is 13.7. The number of rotatable bonds is 5. The van der Waals surface area contributed by atoms with Crippen LogP contribution in [0.4, 0.5) is 0 Å². The fourth-order valence-corrected chi connectivity index (χ4v) is 2.46. The summed E-state index contributed by atoms with van der Waals surface area (Å²) in [7, 11) is 0. The molecule has 0 aliphatic heterocycles. The molecule has 100 valence electrons. The van der Waals surface area contributed by atoms with Crippen LogP contribution in [0.3, 0.4) is 0 Å². The SMILES string of the molecule is CSCCC(=O)NC(C)c1ccc2ccccc2c1. The molecule has 2 aromatic rings. The maximum absolute atomic E-state index is 11.7. The fourth-order valence-electron chi connectivity index (χ4n) is 2.07. The summed E-state index contributed by atoms with van der Waals surface area (Å²) in [5.41, 5.74) is 1.15. The third kappa shape index (κ3) is 3.74. The molecule has 1 amide bonds. The Labute approximate surface area is 118 Å². The molecule has 0 aliphatic rings. The molecule has 1 atom stereocenters. The largest absolute Gasteiger partial charge is 0.350 e. The van der Waals surface area contributed by atoms with Crippen molar-refractivity contribution in [1.82, 2.24) is 5.32 Å². The number of hydrogen-bond donors (Lipinski definition) is 1. The predicted molar refractivity (Wildman–Crippen MR) is 83.5 cm³/mol. The second kappa shape index (κ2) is 6.62. The molecule has 0 spiro atoms. The summed E-state index contributed by atoms with van der Waals surface area (Å²) >= 11 is 1.69. The van der Waals surface area contributed by atoms with Crippen molar-refractivity contribution in [2.75, 3.05) is 12.0 Å². The highest BCUT2D eigenvalue weighted by molar-refractivity contribution is 7.98. The van der Waals surface area contributed by atoms with Crippen LogP contribution in [0.1, 0.15) is 24.9 Å². The van der Waals surface area contributed by atoms with E-state index in [0.717, 1.165) is 11.3 Å². The van der Waals surface area contributed by atoms with Gasteiger partial charge in [0.15, 0.2) is 0 Å². The minimum atomic E-state index is 0.0546. The van der Waals surface area contributed by atoms with Crippen LogP contribution >= 0.6 is 11.8 Å². The molecular formula is C16H19NOS. The lowest BCUT2D eigenvalue weighted by Crippen LogP contribution is -2.26. The van der Waals surface area contributed by atoms with Crippen LogP contribution in [0.25, 0.3) is 10.8 Å². The lowest BCUT2D eigenvalue weighted by atomic mass is 10.0. The summed E-state index contributed by atoms with van der Waals surface area (Å²) in [6.45, 7) is 2.03. The normalized spacial score (nSPS) is 12.3. The molecule has 0 radical (unpaired) electrons. The maximum Gasteiger partial charge on any atom is 0.221 e. The molecule has 0 bridgehead atoms. The Morgan fingerprint density at radius 1 is 1.21 bits per heavy atom. The summed E-state index contributed by atoms with van der Waals surface area (Å²) in [5, 5.41) is 5.49. The van der Waals surface area contributed by atoms with Crippen LogP contribution in [0.5, 0.6) is 0 Å². The smallest absolute Gasteiger partial charge is 0.221 e. The highest BCUT2D eigenvalue weighted by Crippen LogP contribution is 2.20. The number of nitrogens with one attached hydrogen (secondary N) is 1. The molecule has 2 aromatic carbocycles. The van der Waals surface area contributed by atoms with Gasteiger partial charge in [0.05, 0.1) is 6.04 Å². The van der Waals surface area contributed by atoms with E-state index in [0.29, 0.717) is 6.42 Å². The number of carbonyl (C=O) groups excluding carboxylic acids is 1. The number of thioether (sulfide) groups is 1. The number of fused-ring (bicyclic) bond motifs is 1. The Bertz CT molecular complexity index is 567. The Balaban J connectivity index is 2.08. The Kier molecular flexibility index (Phi) is 4.86. The van der Waals surface area contributed by atoms with Gasteiger partial charge in [-0.1, -0.05) is 36.4 Å². The lowest BCUT2D eigenvalue weighted by molar-refractivity contribution is -0.121. The van der Waals surface area contributed by atoms with E-state index < -0.39 is 0 Å². The van der Waals surface area contributed by atoms with Gasteiger partial charge in [-0.25, -0.2) is 0 Å². The Hall–Kier alpha value is -1.48. The summed E-state index contributed by atoms with van der Waals surface area (Å²) in [6.07, 6.45) is 2.60. The monoisotopic (exact) mass is 273 g/mol. The van der Waals surface area contributed by atoms with Crippen molar-refractivity contribution in [1.29, 1.82) is 0 Å². The summed E-state index contributed by atoms with van der Waals surface area (Å²) in [5.74, 6) is 0.992. The molecule has 0 saturated heterocycles. The molecule has 1 N–H and O–H groups in total. The fraction of sp³-hybridized carbons (Fsp3) is 0.312. The molecule has 0 aliphatic carbocycles. The molecule has 19 heavy (non-hydrogen) atoms. The second-order valence-electron chi connectivity index (χ2n) is 4.64. The van der Waals surface area contributed by atoms with E-state index in [-0.39, 0.29) is 11.9 Å². The summed E-state index contributed by atoms with van der Waals surface area (Å²) in [6, 6.07) is 14.7. The van der Waals surface area contributed by atoms with Gasteiger partial charge in [0.25, 0.3) is 0 Å². The highest BCUT2D eigenvalue weighted by Gasteiger charge is 2.09. The number of hydrogen-bond acceptors (Lipinski definition) is 2. The van der Waals surface area contributed by atoms with Crippen molar-refractivity contribution >= 4 is 28.4 Å². The van der Waals surface area contributed by atoms with Gasteiger partial charge in [0.1, 0.15) is 0 Å². The van der Waals surface area contributed by atoms with Crippen molar-refractivity contribution in [3.8, 4) is 0 Å². The van der Waals surface area contributed by atoms with E-state index in [4.69, 9.17) is 0 Å². The predicted octanol–water partition coefficient (Wildman–Crippen LogP) is 3.77. The van der Waals surface area contributed by atoms with E-state index >= 15 is 0 Å². The van der Waals surface area contributed by atoms with E-state index in [2.05, 4.69) is 35.6 Å². The van der Waals surface area contributed by atoms with Crippen LogP contribution in [0, 0.1) is 0 Å². The Morgan fingerprint density at radius 2 is 1.95 bits per heavy atom. The average molecular weight is 273 g/mol. The van der Waals surface area contributed by atoms with Crippen molar-refractivity contribution in [2.45, 2.75) is 19.4 Å². The average Bonchev–Trinajstić information content (AvgIpc) is 2.44. The standard InChI is InChI=1S/C16H19NOS/c1-12(17-16(18)9-10-19-2)14-8-7-13-5-3-4-6-15(13)11-14/h3-8,11-12H,9-10H2,1-2H3,(H,17,18). The van der Waals surface area contributed by atoms with Crippen LogP contribution in [0.15, 0.2) is 42.5 Å². The lowest BCUT2D eigenvalue weighted by Gasteiger charge is -2.15. The van der Waals surface area contributed by atoms with Crippen LogP contribution in [0.2, 0.25) is 0 Å². The molecular weight excluding hydrogens is 254 g/mol.